The summed E-state index contributed by atoms with van der Waals surface area (Å²) in [4.78, 5) is 14.4. The molecule has 39 heavy (non-hydrogen) atoms. The van der Waals surface area contributed by atoms with Crippen LogP contribution in [0.3, 0.4) is 0 Å². The Morgan fingerprint density at radius 3 is 1.51 bits per heavy atom. The summed E-state index contributed by atoms with van der Waals surface area (Å²) in [6.45, 7) is 26.7. The molecule has 0 radical (unpaired) electrons. The third-order valence-corrected chi connectivity index (χ3v) is 5.23. The van der Waals surface area contributed by atoms with Crippen molar-refractivity contribution in [3.05, 3.63) is 101 Å². The molecule has 0 amide bonds. The van der Waals surface area contributed by atoms with E-state index in [0.717, 1.165) is 6.42 Å². The Balaban J connectivity index is -0.000000226. The van der Waals surface area contributed by atoms with Crippen LogP contribution in [-0.4, -0.2) is 10.8 Å². The first-order valence-electron chi connectivity index (χ1n) is 15.5. The van der Waals surface area contributed by atoms with Crippen LogP contribution >= 0.6 is 0 Å². The third-order valence-electron chi connectivity index (χ3n) is 5.23. The van der Waals surface area contributed by atoms with Crippen LogP contribution in [0.2, 0.25) is 0 Å². The first-order chi connectivity index (χ1) is 18.9. The van der Waals surface area contributed by atoms with Crippen molar-refractivity contribution in [2.45, 2.75) is 128 Å². The van der Waals surface area contributed by atoms with Crippen LogP contribution in [0.5, 0.6) is 0 Å². The van der Waals surface area contributed by atoms with E-state index in [9.17, 15) is 4.79 Å². The van der Waals surface area contributed by atoms with Crippen molar-refractivity contribution >= 4 is 5.78 Å². The fourth-order valence-electron chi connectivity index (χ4n) is 2.59. The van der Waals surface area contributed by atoms with E-state index in [2.05, 4.69) is 101 Å². The first kappa shape index (κ1) is 43.3. The Kier molecular flexibility index (Phi) is 39.2. The highest BCUT2D eigenvalue weighted by Crippen LogP contribution is 2.24. The number of benzene rings is 2. The molecule has 0 bridgehead atoms. The van der Waals surface area contributed by atoms with Crippen LogP contribution in [0.4, 0.5) is 0 Å². The summed E-state index contributed by atoms with van der Waals surface area (Å²) in [6, 6.07) is 23.1. The van der Waals surface area contributed by atoms with E-state index in [1.807, 2.05) is 41.5 Å². The van der Waals surface area contributed by atoms with Crippen molar-refractivity contribution < 1.29 is 4.79 Å². The molecule has 0 fully saturated rings. The molecule has 0 aliphatic carbocycles. The molecular formula is C37H63NO. The van der Waals surface area contributed by atoms with E-state index in [1.165, 1.54) is 49.3 Å². The zero-order valence-corrected chi connectivity index (χ0v) is 28.0. The standard InChI is InChI=1S/C16H18.C7H7NO.2C4H10.3C2H6/c1-3-14-8-7-11-16(12-14)13(2)15-9-5-4-6-10-15;1-6(9)7-3-2-4-8-5-7;2*1-3-4-2;3*1-2/h4-13H,3H2,1-2H3;2-5H,1H3;2*3-4H2,1-2H3;3*1-2H3. The summed E-state index contributed by atoms with van der Waals surface area (Å²) >= 11 is 0. The summed E-state index contributed by atoms with van der Waals surface area (Å²) in [7, 11) is 0. The maximum atomic E-state index is 10.6. The van der Waals surface area contributed by atoms with E-state index < -0.39 is 0 Å². The monoisotopic (exact) mass is 537 g/mol. The number of ketones is 1. The van der Waals surface area contributed by atoms with E-state index in [0.29, 0.717) is 11.5 Å². The maximum absolute atomic E-state index is 10.6. The highest BCUT2D eigenvalue weighted by molar-refractivity contribution is 5.93. The van der Waals surface area contributed by atoms with E-state index in [-0.39, 0.29) is 5.78 Å². The first-order valence-corrected chi connectivity index (χ1v) is 15.5. The molecule has 0 aliphatic heterocycles. The van der Waals surface area contributed by atoms with Crippen molar-refractivity contribution in [1.82, 2.24) is 4.98 Å². The van der Waals surface area contributed by atoms with Gasteiger partial charge in [0.25, 0.3) is 0 Å². The molecule has 3 aromatic rings. The highest BCUT2D eigenvalue weighted by atomic mass is 16.1. The number of rotatable bonds is 6. The van der Waals surface area contributed by atoms with E-state index in [4.69, 9.17) is 0 Å². The van der Waals surface area contributed by atoms with Crippen LogP contribution in [0.15, 0.2) is 79.1 Å². The van der Waals surface area contributed by atoms with Gasteiger partial charge in [0.05, 0.1) is 0 Å². The van der Waals surface area contributed by atoms with Gasteiger partial charge in [0.2, 0.25) is 0 Å². The largest absolute Gasteiger partial charge is 0.294 e. The Morgan fingerprint density at radius 2 is 1.15 bits per heavy atom. The Morgan fingerprint density at radius 1 is 0.667 bits per heavy atom. The highest BCUT2D eigenvalue weighted by Gasteiger charge is 2.07. The molecule has 2 heteroatoms. The van der Waals surface area contributed by atoms with Crippen LogP contribution in [0, 0.1) is 0 Å². The number of hydrogen-bond donors (Lipinski definition) is 0. The predicted molar refractivity (Wildman–Crippen MR) is 179 cm³/mol. The zero-order valence-electron chi connectivity index (χ0n) is 28.0. The van der Waals surface area contributed by atoms with Crippen LogP contribution in [-0.2, 0) is 6.42 Å². The van der Waals surface area contributed by atoms with Crippen LogP contribution in [0.25, 0.3) is 0 Å². The molecular weight excluding hydrogens is 474 g/mol. The Labute approximate surface area is 244 Å². The second-order valence-electron chi connectivity index (χ2n) is 8.03. The lowest BCUT2D eigenvalue weighted by molar-refractivity contribution is 0.101. The van der Waals surface area contributed by atoms with Gasteiger partial charge in [-0.2, -0.15) is 0 Å². The summed E-state index contributed by atoms with van der Waals surface area (Å²) in [5.74, 6) is 0.538. The minimum atomic E-state index is 0.0584. The number of unbranched alkanes of at least 4 members (excludes halogenated alkanes) is 2. The van der Waals surface area contributed by atoms with Gasteiger partial charge in [0.15, 0.2) is 5.78 Å². The Bertz CT molecular complexity index is 836. The van der Waals surface area contributed by atoms with Crippen molar-refractivity contribution in [3.8, 4) is 0 Å². The zero-order chi connectivity index (χ0) is 30.9. The molecule has 0 saturated heterocycles. The van der Waals surface area contributed by atoms with Gasteiger partial charge >= 0.3 is 0 Å². The van der Waals surface area contributed by atoms with E-state index >= 15 is 0 Å². The van der Waals surface area contributed by atoms with Gasteiger partial charge in [-0.05, 0) is 42.2 Å². The molecule has 2 aromatic carbocycles. The van der Waals surface area contributed by atoms with Gasteiger partial charge in [0.1, 0.15) is 0 Å². The van der Waals surface area contributed by atoms with E-state index in [1.54, 1.807) is 24.5 Å². The van der Waals surface area contributed by atoms with Gasteiger partial charge < -0.3 is 0 Å². The number of nitrogens with zero attached hydrogens (tertiary/aromatic N) is 1. The minimum absolute atomic E-state index is 0.0584. The fraction of sp³-hybridized carbons (Fsp3) is 0.514. The third kappa shape index (κ3) is 25.3. The van der Waals surface area contributed by atoms with Gasteiger partial charge in [-0.25, -0.2) is 0 Å². The van der Waals surface area contributed by atoms with Crippen LogP contribution < -0.4 is 0 Å². The summed E-state index contributed by atoms with van der Waals surface area (Å²) in [5, 5.41) is 0. The number of carbonyl (C=O) groups is 1. The number of carbonyl (C=O) groups excluding carboxylic acids is 1. The van der Waals surface area contributed by atoms with Crippen molar-refractivity contribution in [1.29, 1.82) is 0 Å². The Hall–Kier alpha value is -2.74. The lowest BCUT2D eigenvalue weighted by Gasteiger charge is -2.13. The molecule has 3 rings (SSSR count). The minimum Gasteiger partial charge on any atom is -0.294 e. The molecule has 1 aromatic heterocycles. The molecule has 0 spiro atoms. The molecule has 2 nitrogen and oxygen atoms in total. The normalized spacial score (nSPS) is 9.15. The second kappa shape index (κ2) is 35.3. The van der Waals surface area contributed by atoms with Gasteiger partial charge in [-0.3, -0.25) is 9.78 Å². The number of aromatic nitrogens is 1. The average molecular weight is 538 g/mol. The quantitative estimate of drug-likeness (QED) is 0.293. The summed E-state index contributed by atoms with van der Waals surface area (Å²) in [5.41, 5.74) is 4.87. The summed E-state index contributed by atoms with van der Waals surface area (Å²) < 4.78 is 0. The molecule has 222 valence electrons. The molecule has 0 N–H and O–H groups in total. The molecule has 0 saturated carbocycles. The second-order valence-corrected chi connectivity index (χ2v) is 8.03. The topological polar surface area (TPSA) is 30.0 Å². The lowest BCUT2D eigenvalue weighted by Crippen LogP contribution is -1.96. The molecule has 0 aliphatic rings. The van der Waals surface area contributed by atoms with Gasteiger partial charge in [0, 0.05) is 23.9 Å². The number of pyridine rings is 1. The van der Waals surface area contributed by atoms with Crippen LogP contribution in [0.1, 0.15) is 149 Å². The number of hydrogen-bond acceptors (Lipinski definition) is 2. The predicted octanol–water partition coefficient (Wildman–Crippen LogP) is 12.4. The van der Waals surface area contributed by atoms with Crippen molar-refractivity contribution in [2.24, 2.45) is 0 Å². The number of aryl methyl sites for hydroxylation is 1. The molecule has 1 heterocycles. The van der Waals surface area contributed by atoms with Gasteiger partial charge in [-0.15, -0.1) is 0 Å². The number of Topliss-reactive ketones (excluding diaryl/α,β-unsaturated/α-hetero) is 1. The molecule has 1 atom stereocenters. The van der Waals surface area contributed by atoms with Crippen molar-refractivity contribution in [2.75, 3.05) is 0 Å². The fourth-order valence-corrected chi connectivity index (χ4v) is 2.59. The summed E-state index contributed by atoms with van der Waals surface area (Å²) in [6.07, 6.45) is 9.59. The van der Waals surface area contributed by atoms with Gasteiger partial charge in [-0.1, -0.05) is 163 Å². The smallest absolute Gasteiger partial charge is 0.161 e. The SMILES string of the molecule is CC.CC.CC.CC(=O)c1cccnc1.CCCC.CCCC.CCc1cccc(C(C)c2ccccc2)c1. The molecule has 1 unspecified atom stereocenters. The van der Waals surface area contributed by atoms with Crippen molar-refractivity contribution in [3.63, 3.8) is 0 Å². The lowest BCUT2D eigenvalue weighted by atomic mass is 9.92. The maximum Gasteiger partial charge on any atom is 0.161 e. The average Bonchev–Trinajstić information content (AvgIpc) is 3.05.